The maximum absolute atomic E-state index is 12.5. The van der Waals surface area contributed by atoms with Gasteiger partial charge in [0.1, 0.15) is 0 Å². The molecule has 3 N–H and O–H groups in total. The number of carbonyl (C=O) groups excluding carboxylic acids is 1. The van der Waals surface area contributed by atoms with Gasteiger partial charge in [-0.1, -0.05) is 18.2 Å². The summed E-state index contributed by atoms with van der Waals surface area (Å²) >= 11 is 0. The number of carboxylic acid groups (broad SMARTS) is 1. The quantitative estimate of drug-likeness (QED) is 0.692. The SMILES string of the molecule is CCOC(=O)C1=C(CO)NC(C)=C(C(=O)O)C1c1ccccc1C#N. The molecular weight excluding hydrogens is 324 g/mol. The molecule has 130 valence electrons. The summed E-state index contributed by atoms with van der Waals surface area (Å²) in [6.07, 6.45) is 0. The van der Waals surface area contributed by atoms with Gasteiger partial charge in [-0.3, -0.25) is 0 Å². The van der Waals surface area contributed by atoms with Crippen LogP contribution in [0.5, 0.6) is 0 Å². The third-order valence-corrected chi connectivity index (χ3v) is 3.92. The number of esters is 1. The number of benzene rings is 1. The number of hydrogen-bond acceptors (Lipinski definition) is 6. The molecule has 0 radical (unpaired) electrons. The lowest BCUT2D eigenvalue weighted by atomic mass is 9.78. The molecule has 1 aliphatic heterocycles. The third-order valence-electron chi connectivity index (χ3n) is 3.92. The molecule has 0 aliphatic carbocycles. The maximum Gasteiger partial charge on any atom is 0.336 e. The summed E-state index contributed by atoms with van der Waals surface area (Å²) in [6.45, 7) is 2.77. The van der Waals surface area contributed by atoms with E-state index in [4.69, 9.17) is 4.74 Å². The largest absolute Gasteiger partial charge is 0.478 e. The Kier molecular flexibility index (Phi) is 5.57. The fourth-order valence-corrected chi connectivity index (χ4v) is 2.92. The number of aliphatic hydroxyl groups excluding tert-OH is 1. The standard InChI is InChI=1S/C18H18N2O5/c1-3-25-18(24)16-13(9-21)20-10(2)14(17(22)23)15(16)12-7-5-4-6-11(12)8-19/h4-7,15,20-21H,3,9H2,1-2H3,(H,22,23). The highest BCUT2D eigenvalue weighted by molar-refractivity contribution is 5.99. The van der Waals surface area contributed by atoms with Crippen molar-refractivity contribution >= 4 is 11.9 Å². The van der Waals surface area contributed by atoms with Crippen molar-refractivity contribution in [1.29, 1.82) is 5.26 Å². The number of nitrogens with one attached hydrogen (secondary N) is 1. The molecule has 0 bridgehead atoms. The van der Waals surface area contributed by atoms with Crippen LogP contribution in [-0.4, -0.2) is 35.4 Å². The van der Waals surface area contributed by atoms with E-state index in [2.05, 4.69) is 5.32 Å². The lowest BCUT2D eigenvalue weighted by molar-refractivity contribution is -0.139. The van der Waals surface area contributed by atoms with Crippen molar-refractivity contribution in [3.05, 3.63) is 57.9 Å². The predicted molar refractivity (Wildman–Crippen MR) is 88.1 cm³/mol. The van der Waals surface area contributed by atoms with Gasteiger partial charge in [0.15, 0.2) is 0 Å². The van der Waals surface area contributed by atoms with E-state index >= 15 is 0 Å². The first kappa shape index (κ1) is 18.2. The highest BCUT2D eigenvalue weighted by Crippen LogP contribution is 2.39. The lowest BCUT2D eigenvalue weighted by Gasteiger charge is -2.30. The second-order valence-electron chi connectivity index (χ2n) is 5.37. The molecule has 0 saturated carbocycles. The normalized spacial score (nSPS) is 17.0. The molecule has 0 fully saturated rings. The molecule has 1 heterocycles. The Morgan fingerprint density at radius 1 is 1.32 bits per heavy atom. The first-order valence-corrected chi connectivity index (χ1v) is 7.67. The van der Waals surface area contributed by atoms with Gasteiger partial charge < -0.3 is 20.3 Å². The molecule has 1 unspecified atom stereocenters. The Labute approximate surface area is 144 Å². The number of ether oxygens (including phenoxy) is 1. The van der Waals surface area contributed by atoms with E-state index < -0.39 is 24.5 Å². The predicted octanol–water partition coefficient (Wildman–Crippen LogP) is 1.41. The van der Waals surface area contributed by atoms with E-state index in [0.717, 1.165) is 0 Å². The monoisotopic (exact) mass is 342 g/mol. The van der Waals surface area contributed by atoms with Gasteiger partial charge in [0.2, 0.25) is 0 Å². The molecule has 7 nitrogen and oxygen atoms in total. The second-order valence-corrected chi connectivity index (χ2v) is 5.37. The number of allylic oxidation sites excluding steroid dienone is 1. The topological polar surface area (TPSA) is 120 Å². The zero-order valence-corrected chi connectivity index (χ0v) is 13.9. The number of rotatable bonds is 5. The molecule has 1 aromatic carbocycles. The summed E-state index contributed by atoms with van der Waals surface area (Å²) in [4.78, 5) is 24.3. The zero-order chi connectivity index (χ0) is 18.6. The lowest BCUT2D eigenvalue weighted by Crippen LogP contribution is -2.34. The Bertz CT molecular complexity index is 817. The van der Waals surface area contributed by atoms with Gasteiger partial charge in [-0.25, -0.2) is 9.59 Å². The van der Waals surface area contributed by atoms with Crippen molar-refractivity contribution in [2.45, 2.75) is 19.8 Å². The van der Waals surface area contributed by atoms with Crippen molar-refractivity contribution in [3.8, 4) is 6.07 Å². The Morgan fingerprint density at radius 2 is 2.00 bits per heavy atom. The van der Waals surface area contributed by atoms with Crippen LogP contribution in [0.25, 0.3) is 0 Å². The van der Waals surface area contributed by atoms with E-state index in [1.807, 2.05) is 6.07 Å². The molecule has 2 rings (SSSR count). The summed E-state index contributed by atoms with van der Waals surface area (Å²) in [7, 11) is 0. The minimum absolute atomic E-state index is 0.00458. The number of nitrogens with zero attached hydrogens (tertiary/aromatic N) is 1. The Balaban J connectivity index is 2.78. The van der Waals surface area contributed by atoms with Crippen LogP contribution in [0.1, 0.15) is 30.9 Å². The van der Waals surface area contributed by atoms with E-state index in [0.29, 0.717) is 11.3 Å². The van der Waals surface area contributed by atoms with Crippen LogP contribution in [0.3, 0.4) is 0 Å². The Morgan fingerprint density at radius 3 is 2.56 bits per heavy atom. The molecule has 7 heteroatoms. The van der Waals surface area contributed by atoms with Gasteiger partial charge in [-0.2, -0.15) is 5.26 Å². The molecule has 0 spiro atoms. The fourth-order valence-electron chi connectivity index (χ4n) is 2.92. The van der Waals surface area contributed by atoms with E-state index in [9.17, 15) is 25.1 Å². The number of nitriles is 1. The number of carboxylic acids is 1. The Hall–Kier alpha value is -3.11. The van der Waals surface area contributed by atoms with Gasteiger partial charge in [0.25, 0.3) is 0 Å². The van der Waals surface area contributed by atoms with Crippen LogP contribution < -0.4 is 5.32 Å². The van der Waals surface area contributed by atoms with Gasteiger partial charge in [0.05, 0.1) is 47.6 Å². The summed E-state index contributed by atoms with van der Waals surface area (Å²) in [5.41, 5.74) is 1.01. The molecule has 0 saturated heterocycles. The van der Waals surface area contributed by atoms with Gasteiger partial charge in [-0.05, 0) is 25.5 Å². The van der Waals surface area contributed by atoms with Crippen molar-refractivity contribution in [3.63, 3.8) is 0 Å². The molecule has 25 heavy (non-hydrogen) atoms. The van der Waals surface area contributed by atoms with E-state index in [1.165, 1.54) is 0 Å². The summed E-state index contributed by atoms with van der Waals surface area (Å²) in [5.74, 6) is -2.97. The van der Waals surface area contributed by atoms with Crippen molar-refractivity contribution < 1.29 is 24.5 Å². The average Bonchev–Trinajstić information content (AvgIpc) is 2.60. The highest BCUT2D eigenvalue weighted by Gasteiger charge is 2.39. The summed E-state index contributed by atoms with van der Waals surface area (Å²) in [5, 5.41) is 31.5. The average molecular weight is 342 g/mol. The molecule has 0 aromatic heterocycles. The first-order chi connectivity index (χ1) is 12.0. The van der Waals surface area contributed by atoms with Crippen LogP contribution in [-0.2, 0) is 14.3 Å². The summed E-state index contributed by atoms with van der Waals surface area (Å²) < 4.78 is 5.06. The number of aliphatic carboxylic acids is 1. The minimum atomic E-state index is -1.22. The maximum atomic E-state index is 12.5. The molecule has 0 amide bonds. The number of aliphatic hydroxyl groups is 1. The molecule has 1 atom stereocenters. The van der Waals surface area contributed by atoms with Gasteiger partial charge in [0, 0.05) is 5.70 Å². The van der Waals surface area contributed by atoms with Crippen molar-refractivity contribution in [2.24, 2.45) is 0 Å². The van der Waals surface area contributed by atoms with Gasteiger partial charge in [-0.15, -0.1) is 0 Å². The zero-order valence-electron chi connectivity index (χ0n) is 13.9. The van der Waals surface area contributed by atoms with Crippen LogP contribution >= 0.6 is 0 Å². The van der Waals surface area contributed by atoms with E-state index in [-0.39, 0.29) is 29.0 Å². The third kappa shape index (κ3) is 3.39. The number of dihydropyridines is 1. The van der Waals surface area contributed by atoms with E-state index in [1.54, 1.807) is 38.1 Å². The number of hydrogen-bond donors (Lipinski definition) is 3. The van der Waals surface area contributed by atoms with Crippen LogP contribution in [0.4, 0.5) is 0 Å². The molecule has 1 aromatic rings. The first-order valence-electron chi connectivity index (χ1n) is 7.67. The molecular formula is C18H18N2O5. The molecule has 1 aliphatic rings. The second kappa shape index (κ2) is 7.64. The van der Waals surface area contributed by atoms with Crippen molar-refractivity contribution in [2.75, 3.05) is 13.2 Å². The highest BCUT2D eigenvalue weighted by atomic mass is 16.5. The van der Waals surface area contributed by atoms with Crippen molar-refractivity contribution in [1.82, 2.24) is 5.32 Å². The van der Waals surface area contributed by atoms with Crippen LogP contribution in [0, 0.1) is 11.3 Å². The minimum Gasteiger partial charge on any atom is -0.478 e. The smallest absolute Gasteiger partial charge is 0.336 e. The van der Waals surface area contributed by atoms with Gasteiger partial charge >= 0.3 is 11.9 Å². The van der Waals surface area contributed by atoms with Crippen LogP contribution in [0.2, 0.25) is 0 Å². The summed E-state index contributed by atoms with van der Waals surface area (Å²) in [6, 6.07) is 8.48. The van der Waals surface area contributed by atoms with Crippen LogP contribution in [0.15, 0.2) is 46.8 Å². The number of carbonyl (C=O) groups is 2. The fraction of sp³-hybridized carbons (Fsp3) is 0.278.